The van der Waals surface area contributed by atoms with Crippen molar-refractivity contribution in [2.75, 3.05) is 0 Å². The van der Waals surface area contributed by atoms with Gasteiger partial charge in [0.25, 0.3) is 0 Å². The van der Waals surface area contributed by atoms with Gasteiger partial charge in [0.1, 0.15) is 6.07 Å². The molecule has 0 atom stereocenters. The standard InChI is InChI=1S/C9H3Cl2N3S2/c10-6-2-1-5(4-12)7(3-6)13-9-8(11)14-16-15-9/h1-3H. The van der Waals surface area contributed by atoms with Crippen LogP contribution in [0.2, 0.25) is 10.2 Å². The van der Waals surface area contributed by atoms with E-state index in [1.165, 1.54) is 20.9 Å². The minimum absolute atomic E-state index is 0.346. The van der Waals surface area contributed by atoms with Gasteiger partial charge in [0.05, 0.1) is 11.3 Å². The first-order valence-electron chi connectivity index (χ1n) is 4.06. The Kier molecular flexibility index (Phi) is 3.56. The quantitative estimate of drug-likeness (QED) is 0.752. The summed E-state index contributed by atoms with van der Waals surface area (Å²) in [4.78, 5) is 4.26. The second-order valence-corrected chi connectivity index (χ2v) is 5.36. The molecule has 0 spiro atoms. The van der Waals surface area contributed by atoms with Crippen LogP contribution in [0.3, 0.4) is 0 Å². The van der Waals surface area contributed by atoms with Crippen LogP contribution in [0.1, 0.15) is 5.56 Å². The lowest BCUT2D eigenvalue weighted by Crippen LogP contribution is -1.93. The fourth-order valence-electron chi connectivity index (χ4n) is 1.03. The largest absolute Gasteiger partial charge is 0.233 e. The molecule has 0 amide bonds. The van der Waals surface area contributed by atoms with E-state index in [0.29, 0.717) is 26.1 Å². The predicted molar refractivity (Wildman–Crippen MR) is 66.4 cm³/mol. The van der Waals surface area contributed by atoms with Crippen molar-refractivity contribution < 1.29 is 0 Å². The number of rotatable bonds is 1. The summed E-state index contributed by atoms with van der Waals surface area (Å²) in [7, 11) is 2.60. The first-order valence-corrected chi connectivity index (χ1v) is 6.93. The van der Waals surface area contributed by atoms with Crippen molar-refractivity contribution in [1.82, 2.24) is 4.37 Å². The molecular formula is C9H3Cl2N3S2. The fraction of sp³-hybridized carbons (Fsp3) is 0. The second kappa shape index (κ2) is 4.93. The molecule has 1 aromatic carbocycles. The summed E-state index contributed by atoms with van der Waals surface area (Å²) in [6, 6.07) is 6.95. The molecular weight excluding hydrogens is 285 g/mol. The molecule has 0 unspecified atom stereocenters. The van der Waals surface area contributed by atoms with Gasteiger partial charge in [-0.2, -0.15) is 9.64 Å². The van der Waals surface area contributed by atoms with Crippen molar-refractivity contribution in [3.8, 4) is 6.07 Å². The summed E-state index contributed by atoms with van der Waals surface area (Å²) < 4.78 is 4.50. The van der Waals surface area contributed by atoms with Crippen LogP contribution in [0.15, 0.2) is 23.2 Å². The highest BCUT2D eigenvalue weighted by Crippen LogP contribution is 2.23. The highest BCUT2D eigenvalue weighted by Gasteiger charge is 2.03. The van der Waals surface area contributed by atoms with Gasteiger partial charge in [-0.3, -0.25) is 0 Å². The van der Waals surface area contributed by atoms with Crippen LogP contribution in [0.4, 0.5) is 5.69 Å². The van der Waals surface area contributed by atoms with Gasteiger partial charge in [-0.15, -0.1) is 0 Å². The van der Waals surface area contributed by atoms with Gasteiger partial charge in [0, 0.05) is 15.6 Å². The Balaban J connectivity index is 2.62. The van der Waals surface area contributed by atoms with Crippen LogP contribution < -0.4 is 4.67 Å². The third kappa shape index (κ3) is 2.42. The Morgan fingerprint density at radius 2 is 2.19 bits per heavy atom. The van der Waals surface area contributed by atoms with Crippen LogP contribution in [-0.4, -0.2) is 4.37 Å². The highest BCUT2D eigenvalue weighted by atomic mass is 35.5. The van der Waals surface area contributed by atoms with Crippen molar-refractivity contribution in [3.63, 3.8) is 0 Å². The van der Waals surface area contributed by atoms with E-state index in [9.17, 15) is 0 Å². The van der Waals surface area contributed by atoms with E-state index in [-0.39, 0.29) is 0 Å². The van der Waals surface area contributed by atoms with Crippen LogP contribution in [0, 0.1) is 11.3 Å². The van der Waals surface area contributed by atoms with Crippen molar-refractivity contribution in [2.24, 2.45) is 4.99 Å². The second-order valence-electron chi connectivity index (χ2n) is 2.73. The van der Waals surface area contributed by atoms with Gasteiger partial charge in [-0.25, -0.2) is 4.99 Å². The molecule has 0 aliphatic heterocycles. The van der Waals surface area contributed by atoms with Crippen molar-refractivity contribution in [3.05, 3.63) is 38.6 Å². The van der Waals surface area contributed by atoms with Gasteiger partial charge in [0.15, 0.2) is 9.82 Å². The maximum atomic E-state index is 8.91. The molecule has 16 heavy (non-hydrogen) atoms. The van der Waals surface area contributed by atoms with Crippen LogP contribution >= 0.6 is 44.1 Å². The minimum Gasteiger partial charge on any atom is -0.233 e. The molecule has 3 nitrogen and oxygen atoms in total. The van der Waals surface area contributed by atoms with E-state index in [1.54, 1.807) is 18.2 Å². The molecule has 0 aliphatic rings. The van der Waals surface area contributed by atoms with Crippen LogP contribution in [-0.2, 0) is 0 Å². The van der Waals surface area contributed by atoms with E-state index < -0.39 is 0 Å². The summed E-state index contributed by atoms with van der Waals surface area (Å²) >= 11 is 11.7. The predicted octanol–water partition coefficient (Wildman–Crippen LogP) is 3.62. The third-order valence-corrected chi connectivity index (χ3v) is 4.12. The van der Waals surface area contributed by atoms with E-state index in [4.69, 9.17) is 28.5 Å². The van der Waals surface area contributed by atoms with E-state index in [1.807, 2.05) is 6.07 Å². The fourth-order valence-corrected chi connectivity index (χ4v) is 3.18. The molecule has 1 aromatic heterocycles. The van der Waals surface area contributed by atoms with Crippen molar-refractivity contribution in [1.29, 1.82) is 5.26 Å². The maximum absolute atomic E-state index is 8.91. The monoisotopic (exact) mass is 287 g/mol. The molecule has 2 rings (SSSR count). The zero-order chi connectivity index (χ0) is 11.5. The molecule has 0 saturated carbocycles. The van der Waals surface area contributed by atoms with E-state index in [0.717, 1.165) is 0 Å². The molecule has 0 saturated heterocycles. The lowest BCUT2D eigenvalue weighted by Gasteiger charge is -1.96. The molecule has 0 bridgehead atoms. The topological polar surface area (TPSA) is 49.0 Å². The summed E-state index contributed by atoms with van der Waals surface area (Å²) in [6.45, 7) is 0. The summed E-state index contributed by atoms with van der Waals surface area (Å²) in [6.07, 6.45) is 0. The first kappa shape index (κ1) is 11.6. The third-order valence-electron chi connectivity index (χ3n) is 1.71. The number of nitrogens with zero attached hydrogens (tertiary/aromatic N) is 3. The Labute approximate surface area is 109 Å². The molecule has 0 N–H and O–H groups in total. The zero-order valence-corrected chi connectivity index (χ0v) is 10.8. The van der Waals surface area contributed by atoms with Crippen molar-refractivity contribution >= 4 is 49.8 Å². The number of halogens is 2. The Bertz CT molecular complexity index is 624. The van der Waals surface area contributed by atoms with Crippen LogP contribution in [0.5, 0.6) is 0 Å². The van der Waals surface area contributed by atoms with Gasteiger partial charge >= 0.3 is 0 Å². The number of aromatic nitrogens is 1. The lowest BCUT2D eigenvalue weighted by molar-refractivity contribution is 1.35. The van der Waals surface area contributed by atoms with Gasteiger partial charge in [-0.1, -0.05) is 23.2 Å². The Morgan fingerprint density at radius 3 is 2.81 bits per heavy atom. The Morgan fingerprint density at radius 1 is 1.38 bits per heavy atom. The SMILES string of the molecule is N#Cc1ccc(Cl)cc1N=c1ssnc1Cl. The zero-order valence-electron chi connectivity index (χ0n) is 7.65. The van der Waals surface area contributed by atoms with Gasteiger partial charge in [-0.05, 0) is 28.5 Å². The number of hydrogen-bond acceptors (Lipinski definition) is 5. The summed E-state index contributed by atoms with van der Waals surface area (Å²) in [5.41, 5.74) is 0.965. The van der Waals surface area contributed by atoms with E-state index >= 15 is 0 Å². The maximum Gasteiger partial charge on any atom is 0.179 e. The molecule has 0 fully saturated rings. The Hall–Kier alpha value is -0.930. The first-order chi connectivity index (χ1) is 7.70. The number of hydrogen-bond donors (Lipinski definition) is 0. The number of nitriles is 1. The van der Waals surface area contributed by atoms with Gasteiger partial charge < -0.3 is 0 Å². The molecule has 0 radical (unpaired) electrons. The average Bonchev–Trinajstić information content (AvgIpc) is 2.65. The normalized spacial score (nSPS) is 11.4. The molecule has 1 heterocycles. The smallest absolute Gasteiger partial charge is 0.179 e. The van der Waals surface area contributed by atoms with E-state index in [2.05, 4.69) is 9.37 Å². The molecule has 80 valence electrons. The minimum atomic E-state index is 0.346. The summed E-state index contributed by atoms with van der Waals surface area (Å²) in [5, 5.41) is 9.79. The highest BCUT2D eigenvalue weighted by molar-refractivity contribution is 7.66. The van der Waals surface area contributed by atoms with Gasteiger partial charge in [0.2, 0.25) is 0 Å². The summed E-state index contributed by atoms with van der Waals surface area (Å²) in [5.74, 6) is 0. The van der Waals surface area contributed by atoms with Crippen LogP contribution in [0.25, 0.3) is 0 Å². The van der Waals surface area contributed by atoms with Crippen molar-refractivity contribution in [2.45, 2.75) is 0 Å². The average molecular weight is 288 g/mol. The molecule has 2 aromatic rings. The number of benzene rings is 1. The molecule has 0 aliphatic carbocycles. The molecule has 7 heteroatoms. The lowest BCUT2D eigenvalue weighted by atomic mass is 10.2.